The first-order valence-corrected chi connectivity index (χ1v) is 10.0. The molecular formula is C20H43NO. The van der Waals surface area contributed by atoms with Gasteiger partial charge in [0.2, 0.25) is 0 Å². The molecular weight excluding hydrogens is 270 g/mol. The van der Waals surface area contributed by atoms with E-state index in [0.29, 0.717) is 0 Å². The van der Waals surface area contributed by atoms with E-state index in [4.69, 9.17) is 0 Å². The maximum Gasteiger partial charge on any atom is 0.0854 e. The van der Waals surface area contributed by atoms with Crippen LogP contribution in [0.3, 0.4) is 0 Å². The molecule has 0 heterocycles. The second-order valence-corrected chi connectivity index (χ2v) is 7.67. The van der Waals surface area contributed by atoms with Crippen molar-refractivity contribution >= 4 is 0 Å². The van der Waals surface area contributed by atoms with Crippen LogP contribution in [0.4, 0.5) is 0 Å². The fraction of sp³-hybridized carbons (Fsp3) is 1.00. The number of rotatable bonds is 16. The maximum atomic E-state index is 11.7. The number of unbranched alkanes of at least 4 members (excludes halogenated alkanes) is 13. The zero-order valence-electron chi connectivity index (χ0n) is 16.0. The lowest BCUT2D eigenvalue weighted by molar-refractivity contribution is -0.864. The summed E-state index contributed by atoms with van der Waals surface area (Å²) in [4.78, 5) is 0. The summed E-state index contributed by atoms with van der Waals surface area (Å²) in [6.07, 6.45) is 20.6. The summed E-state index contributed by atoms with van der Waals surface area (Å²) in [5, 5.41) is 11.7. The molecule has 0 saturated carbocycles. The Morgan fingerprint density at radius 2 is 0.955 bits per heavy atom. The molecule has 0 spiro atoms. The normalized spacial score (nSPS) is 13.5. The predicted octanol–water partition coefficient (Wildman–Crippen LogP) is 6.82. The smallest absolute Gasteiger partial charge is 0.0854 e. The molecule has 22 heavy (non-hydrogen) atoms. The third-order valence-corrected chi connectivity index (χ3v) is 5.04. The second kappa shape index (κ2) is 14.5. The van der Waals surface area contributed by atoms with Gasteiger partial charge in [-0.05, 0) is 19.8 Å². The highest BCUT2D eigenvalue weighted by atomic mass is 16.5. The molecule has 2 nitrogen and oxygen atoms in total. The lowest BCUT2D eigenvalue weighted by atomic mass is 10.0. The van der Waals surface area contributed by atoms with Gasteiger partial charge < -0.3 is 9.85 Å². The van der Waals surface area contributed by atoms with Gasteiger partial charge in [0.1, 0.15) is 0 Å². The zero-order chi connectivity index (χ0) is 16.7. The third kappa shape index (κ3) is 14.8. The Kier molecular flexibility index (Phi) is 14.5. The van der Waals surface area contributed by atoms with E-state index in [0.717, 1.165) is 6.42 Å². The minimum Gasteiger partial charge on any atom is -0.633 e. The molecule has 2 heteroatoms. The van der Waals surface area contributed by atoms with Crippen LogP contribution >= 0.6 is 0 Å². The summed E-state index contributed by atoms with van der Waals surface area (Å²) in [5.41, 5.74) is 0. The van der Waals surface area contributed by atoms with Crippen LogP contribution in [0.5, 0.6) is 0 Å². The van der Waals surface area contributed by atoms with Crippen molar-refractivity contribution in [2.75, 3.05) is 14.1 Å². The second-order valence-electron chi connectivity index (χ2n) is 7.67. The fourth-order valence-electron chi connectivity index (χ4n) is 2.95. The van der Waals surface area contributed by atoms with Crippen molar-refractivity contribution in [1.82, 2.24) is 0 Å². The molecule has 0 saturated heterocycles. The summed E-state index contributed by atoms with van der Waals surface area (Å²) in [6.45, 7) is 4.36. The Morgan fingerprint density at radius 3 is 1.27 bits per heavy atom. The van der Waals surface area contributed by atoms with Crippen molar-refractivity contribution in [2.45, 2.75) is 116 Å². The SMILES string of the molecule is CCCCCCCCCCCCCCCCC(C)[N+](C)(C)[O-]. The van der Waals surface area contributed by atoms with Gasteiger partial charge in [-0.1, -0.05) is 90.4 Å². The van der Waals surface area contributed by atoms with Crippen LogP contribution in [0.1, 0.15) is 110 Å². The van der Waals surface area contributed by atoms with Crippen LogP contribution in [-0.4, -0.2) is 24.8 Å². The fourth-order valence-corrected chi connectivity index (χ4v) is 2.95. The van der Waals surface area contributed by atoms with Crippen LogP contribution in [0.15, 0.2) is 0 Å². The van der Waals surface area contributed by atoms with Crippen molar-refractivity contribution in [3.8, 4) is 0 Å². The average molecular weight is 314 g/mol. The first-order chi connectivity index (χ1) is 10.5. The highest BCUT2D eigenvalue weighted by Crippen LogP contribution is 2.15. The maximum absolute atomic E-state index is 11.7. The topological polar surface area (TPSA) is 23.1 Å². The molecule has 0 radical (unpaired) electrons. The summed E-state index contributed by atoms with van der Waals surface area (Å²) in [5.74, 6) is 0. The molecule has 1 unspecified atom stereocenters. The molecule has 0 aliphatic rings. The summed E-state index contributed by atoms with van der Waals surface area (Å²) < 4.78 is -0.140. The van der Waals surface area contributed by atoms with E-state index in [9.17, 15) is 5.21 Å². The summed E-state index contributed by atoms with van der Waals surface area (Å²) in [6, 6.07) is 0.248. The molecule has 0 N–H and O–H groups in total. The lowest BCUT2D eigenvalue weighted by Gasteiger charge is -2.40. The minimum atomic E-state index is -0.140. The van der Waals surface area contributed by atoms with Crippen LogP contribution < -0.4 is 0 Å². The summed E-state index contributed by atoms with van der Waals surface area (Å²) >= 11 is 0. The molecule has 0 aromatic carbocycles. The highest BCUT2D eigenvalue weighted by molar-refractivity contribution is 4.54. The van der Waals surface area contributed by atoms with E-state index < -0.39 is 0 Å². The zero-order valence-corrected chi connectivity index (χ0v) is 16.0. The number of hydroxylamine groups is 3. The highest BCUT2D eigenvalue weighted by Gasteiger charge is 2.12. The molecule has 0 aliphatic carbocycles. The van der Waals surface area contributed by atoms with Gasteiger partial charge in [0.05, 0.1) is 20.1 Å². The van der Waals surface area contributed by atoms with E-state index in [1.54, 1.807) is 14.1 Å². The van der Waals surface area contributed by atoms with E-state index in [2.05, 4.69) is 13.8 Å². The van der Waals surface area contributed by atoms with Gasteiger partial charge in [0.15, 0.2) is 0 Å². The van der Waals surface area contributed by atoms with E-state index in [1.165, 1.54) is 89.9 Å². The molecule has 134 valence electrons. The molecule has 0 bridgehead atoms. The van der Waals surface area contributed by atoms with Crippen LogP contribution in [-0.2, 0) is 0 Å². The Morgan fingerprint density at radius 1 is 0.636 bits per heavy atom. The molecule has 0 aromatic heterocycles. The van der Waals surface area contributed by atoms with E-state index >= 15 is 0 Å². The lowest BCUT2D eigenvalue weighted by Crippen LogP contribution is -2.41. The van der Waals surface area contributed by atoms with Crippen molar-refractivity contribution in [3.05, 3.63) is 5.21 Å². The van der Waals surface area contributed by atoms with Crippen LogP contribution in [0.2, 0.25) is 0 Å². The van der Waals surface area contributed by atoms with Crippen molar-refractivity contribution in [2.24, 2.45) is 0 Å². The molecule has 0 rings (SSSR count). The molecule has 0 aromatic rings. The van der Waals surface area contributed by atoms with Gasteiger partial charge in [-0.25, -0.2) is 0 Å². The van der Waals surface area contributed by atoms with Crippen molar-refractivity contribution in [1.29, 1.82) is 0 Å². The number of hydrogen-bond donors (Lipinski definition) is 0. The quantitative estimate of drug-likeness (QED) is 0.174. The predicted molar refractivity (Wildman–Crippen MR) is 99.9 cm³/mol. The molecule has 0 amide bonds. The van der Waals surface area contributed by atoms with Gasteiger partial charge >= 0.3 is 0 Å². The monoisotopic (exact) mass is 313 g/mol. The first-order valence-electron chi connectivity index (χ1n) is 10.0. The minimum absolute atomic E-state index is 0.140. The standard InChI is InChI=1S/C20H43NO/c1-5-6-7-8-9-10-11-12-13-14-15-16-17-18-19-20(2)21(3,4)22/h20H,5-19H2,1-4H3. The van der Waals surface area contributed by atoms with Crippen molar-refractivity contribution < 1.29 is 4.65 Å². The third-order valence-electron chi connectivity index (χ3n) is 5.04. The van der Waals surface area contributed by atoms with E-state index in [-0.39, 0.29) is 10.7 Å². The Balaban J connectivity index is 3.12. The average Bonchev–Trinajstić information content (AvgIpc) is 2.46. The van der Waals surface area contributed by atoms with E-state index in [1.807, 2.05) is 0 Å². The number of nitrogens with zero attached hydrogens (tertiary/aromatic N) is 1. The van der Waals surface area contributed by atoms with Gasteiger partial charge in [0, 0.05) is 0 Å². The van der Waals surface area contributed by atoms with Crippen LogP contribution in [0.25, 0.3) is 0 Å². The van der Waals surface area contributed by atoms with Gasteiger partial charge in [-0.15, -0.1) is 0 Å². The molecule has 1 atom stereocenters. The van der Waals surface area contributed by atoms with Gasteiger partial charge in [0.25, 0.3) is 0 Å². The van der Waals surface area contributed by atoms with Crippen molar-refractivity contribution in [3.63, 3.8) is 0 Å². The molecule has 0 fully saturated rings. The number of quaternary nitrogens is 1. The van der Waals surface area contributed by atoms with Crippen LogP contribution in [0, 0.1) is 5.21 Å². The van der Waals surface area contributed by atoms with Gasteiger partial charge in [-0.2, -0.15) is 0 Å². The van der Waals surface area contributed by atoms with Gasteiger partial charge in [-0.3, -0.25) is 0 Å². The first kappa shape index (κ1) is 21.9. The Hall–Kier alpha value is -0.0800. The Bertz CT molecular complexity index is 222. The summed E-state index contributed by atoms with van der Waals surface area (Å²) in [7, 11) is 3.52. The largest absolute Gasteiger partial charge is 0.633 e. The Labute approximate surface area is 140 Å². The molecule has 0 aliphatic heterocycles. The number of hydrogen-bond acceptors (Lipinski definition) is 1.